The van der Waals surface area contributed by atoms with E-state index in [-0.39, 0.29) is 0 Å². The lowest BCUT2D eigenvalue weighted by Gasteiger charge is -2.16. The molecule has 1 saturated heterocycles. The van der Waals surface area contributed by atoms with Crippen LogP contribution in [0.25, 0.3) is 11.1 Å². The fraction of sp³-hybridized carbons (Fsp3) is 0.333. The number of para-hydroxylation sites is 1. The Morgan fingerprint density at radius 3 is 2.57 bits per heavy atom. The smallest absolute Gasteiger partial charge is 0.126 e. The molecule has 0 atom stereocenters. The zero-order chi connectivity index (χ0) is 14.7. The van der Waals surface area contributed by atoms with Crippen LogP contribution in [0.15, 0.2) is 42.5 Å². The van der Waals surface area contributed by atoms with Crippen molar-refractivity contribution in [2.75, 3.05) is 20.2 Å². The van der Waals surface area contributed by atoms with Crippen LogP contribution in [0.5, 0.6) is 5.75 Å². The number of hydrogen-bond donors (Lipinski definition) is 0. The molecule has 2 aromatic carbocycles. The maximum absolute atomic E-state index is 6.41. The second-order valence-electron chi connectivity index (χ2n) is 5.50. The van der Waals surface area contributed by atoms with Gasteiger partial charge in [-0.3, -0.25) is 4.90 Å². The molecule has 0 aromatic heterocycles. The van der Waals surface area contributed by atoms with Crippen molar-refractivity contribution in [3.8, 4) is 16.9 Å². The van der Waals surface area contributed by atoms with E-state index in [0.717, 1.165) is 28.4 Å². The van der Waals surface area contributed by atoms with Gasteiger partial charge < -0.3 is 4.74 Å². The average molecular weight is 302 g/mol. The van der Waals surface area contributed by atoms with Gasteiger partial charge in [-0.25, -0.2) is 0 Å². The van der Waals surface area contributed by atoms with Crippen LogP contribution in [0, 0.1) is 0 Å². The van der Waals surface area contributed by atoms with Crippen LogP contribution in [0.1, 0.15) is 18.4 Å². The molecule has 0 unspecified atom stereocenters. The molecule has 2 nitrogen and oxygen atoms in total. The molecular formula is C18H20ClNO. The van der Waals surface area contributed by atoms with Crippen molar-refractivity contribution in [3.05, 3.63) is 53.1 Å². The normalized spacial score (nSPS) is 15.3. The largest absolute Gasteiger partial charge is 0.496 e. The molecule has 3 heteroatoms. The van der Waals surface area contributed by atoms with Gasteiger partial charge in [-0.05, 0) is 49.7 Å². The van der Waals surface area contributed by atoms with Crippen LogP contribution in [-0.2, 0) is 6.54 Å². The summed E-state index contributed by atoms with van der Waals surface area (Å²) in [7, 11) is 1.70. The van der Waals surface area contributed by atoms with Gasteiger partial charge in [0.15, 0.2) is 0 Å². The number of methoxy groups -OCH3 is 1. The second kappa shape index (κ2) is 6.50. The van der Waals surface area contributed by atoms with E-state index in [4.69, 9.17) is 16.3 Å². The monoisotopic (exact) mass is 301 g/mol. The van der Waals surface area contributed by atoms with Gasteiger partial charge in [-0.15, -0.1) is 0 Å². The number of likely N-dealkylation sites (tertiary alicyclic amines) is 1. The Bertz CT molecular complexity index is 620. The molecule has 1 aliphatic rings. The Labute approximate surface area is 131 Å². The van der Waals surface area contributed by atoms with E-state index in [1.807, 2.05) is 24.3 Å². The number of benzene rings is 2. The van der Waals surface area contributed by atoms with Crippen LogP contribution in [0.3, 0.4) is 0 Å². The minimum atomic E-state index is 0.768. The molecule has 0 amide bonds. The SMILES string of the molecule is COc1ccccc1-c1cc(CN2CCCC2)ccc1Cl. The molecule has 110 valence electrons. The number of halogens is 1. The Balaban J connectivity index is 1.93. The lowest BCUT2D eigenvalue weighted by molar-refractivity contribution is 0.331. The molecule has 0 aliphatic carbocycles. The lowest BCUT2D eigenvalue weighted by atomic mass is 10.0. The van der Waals surface area contributed by atoms with Gasteiger partial charge >= 0.3 is 0 Å². The van der Waals surface area contributed by atoms with Crippen molar-refractivity contribution < 1.29 is 4.74 Å². The third kappa shape index (κ3) is 3.22. The standard InChI is InChI=1S/C18H20ClNO/c1-21-18-7-3-2-6-15(18)16-12-14(8-9-17(16)19)13-20-10-4-5-11-20/h2-3,6-9,12H,4-5,10-11,13H2,1H3. The first-order valence-corrected chi connectivity index (χ1v) is 7.80. The Hall–Kier alpha value is -1.51. The molecule has 1 fully saturated rings. The summed E-state index contributed by atoms with van der Waals surface area (Å²) in [5.41, 5.74) is 3.40. The highest BCUT2D eigenvalue weighted by Crippen LogP contribution is 2.35. The summed E-state index contributed by atoms with van der Waals surface area (Å²) in [4.78, 5) is 2.50. The Kier molecular flexibility index (Phi) is 4.47. The predicted octanol–water partition coefficient (Wildman–Crippen LogP) is 4.61. The summed E-state index contributed by atoms with van der Waals surface area (Å²) < 4.78 is 5.46. The van der Waals surface area contributed by atoms with Crippen molar-refractivity contribution in [2.24, 2.45) is 0 Å². The third-order valence-corrected chi connectivity index (χ3v) is 4.36. The van der Waals surface area contributed by atoms with Gasteiger partial charge in [0, 0.05) is 22.7 Å². The molecule has 1 heterocycles. The number of rotatable bonds is 4. The first-order valence-electron chi connectivity index (χ1n) is 7.42. The van der Waals surface area contributed by atoms with Crippen LogP contribution < -0.4 is 4.74 Å². The fourth-order valence-corrected chi connectivity index (χ4v) is 3.16. The van der Waals surface area contributed by atoms with Gasteiger partial charge in [-0.2, -0.15) is 0 Å². The predicted molar refractivity (Wildman–Crippen MR) is 88.0 cm³/mol. The molecule has 0 radical (unpaired) electrons. The molecule has 0 N–H and O–H groups in total. The molecular weight excluding hydrogens is 282 g/mol. The summed E-state index contributed by atoms with van der Waals surface area (Å²) >= 11 is 6.41. The van der Waals surface area contributed by atoms with Crippen LogP contribution >= 0.6 is 11.6 Å². The number of nitrogens with zero attached hydrogens (tertiary/aromatic N) is 1. The van der Waals surface area contributed by atoms with E-state index >= 15 is 0 Å². The molecule has 1 aliphatic heterocycles. The molecule has 2 aromatic rings. The fourth-order valence-electron chi connectivity index (χ4n) is 2.94. The van der Waals surface area contributed by atoms with Gasteiger partial charge in [0.2, 0.25) is 0 Å². The highest BCUT2D eigenvalue weighted by Gasteiger charge is 2.14. The van der Waals surface area contributed by atoms with Gasteiger partial charge in [0.25, 0.3) is 0 Å². The maximum Gasteiger partial charge on any atom is 0.126 e. The van der Waals surface area contributed by atoms with Crippen molar-refractivity contribution in [1.82, 2.24) is 4.90 Å². The molecule has 3 rings (SSSR count). The zero-order valence-electron chi connectivity index (χ0n) is 12.3. The van der Waals surface area contributed by atoms with Crippen LogP contribution in [-0.4, -0.2) is 25.1 Å². The van der Waals surface area contributed by atoms with Gasteiger partial charge in [0.1, 0.15) is 5.75 Å². The van der Waals surface area contributed by atoms with Crippen molar-refractivity contribution in [2.45, 2.75) is 19.4 Å². The minimum absolute atomic E-state index is 0.768. The van der Waals surface area contributed by atoms with Gasteiger partial charge in [0.05, 0.1) is 7.11 Å². The Morgan fingerprint density at radius 1 is 1.05 bits per heavy atom. The summed E-state index contributed by atoms with van der Waals surface area (Å²) in [5.74, 6) is 0.859. The van der Waals surface area contributed by atoms with E-state index in [0.29, 0.717) is 0 Å². The van der Waals surface area contributed by atoms with Crippen molar-refractivity contribution >= 4 is 11.6 Å². The highest BCUT2D eigenvalue weighted by molar-refractivity contribution is 6.33. The van der Waals surface area contributed by atoms with Crippen molar-refractivity contribution in [3.63, 3.8) is 0 Å². The molecule has 0 saturated carbocycles. The van der Waals surface area contributed by atoms with Crippen LogP contribution in [0.2, 0.25) is 5.02 Å². The highest BCUT2D eigenvalue weighted by atomic mass is 35.5. The first-order chi connectivity index (χ1) is 10.3. The van der Waals surface area contributed by atoms with Crippen LogP contribution in [0.4, 0.5) is 0 Å². The summed E-state index contributed by atoms with van der Waals surface area (Å²) in [6, 6.07) is 14.3. The average Bonchev–Trinajstić information content (AvgIpc) is 3.02. The number of hydrogen-bond acceptors (Lipinski definition) is 2. The van der Waals surface area contributed by atoms with E-state index in [9.17, 15) is 0 Å². The molecule has 0 bridgehead atoms. The molecule has 0 spiro atoms. The lowest BCUT2D eigenvalue weighted by Crippen LogP contribution is -2.18. The van der Waals surface area contributed by atoms with Crippen molar-refractivity contribution in [1.29, 1.82) is 0 Å². The van der Waals surface area contributed by atoms with E-state index in [2.05, 4.69) is 23.1 Å². The second-order valence-corrected chi connectivity index (χ2v) is 5.90. The zero-order valence-corrected chi connectivity index (χ0v) is 13.1. The third-order valence-electron chi connectivity index (χ3n) is 4.03. The maximum atomic E-state index is 6.41. The number of ether oxygens (including phenoxy) is 1. The van der Waals surface area contributed by atoms with E-state index in [1.54, 1.807) is 7.11 Å². The summed E-state index contributed by atoms with van der Waals surface area (Å²) in [6.07, 6.45) is 2.62. The minimum Gasteiger partial charge on any atom is -0.496 e. The van der Waals surface area contributed by atoms with E-state index < -0.39 is 0 Å². The van der Waals surface area contributed by atoms with Gasteiger partial charge in [-0.1, -0.05) is 35.9 Å². The topological polar surface area (TPSA) is 12.5 Å². The quantitative estimate of drug-likeness (QED) is 0.817. The summed E-state index contributed by atoms with van der Waals surface area (Å²) in [6.45, 7) is 3.40. The van der Waals surface area contributed by atoms with E-state index in [1.165, 1.54) is 31.5 Å². The first kappa shape index (κ1) is 14.4. The molecule has 21 heavy (non-hydrogen) atoms. The Morgan fingerprint density at radius 2 is 1.81 bits per heavy atom. The summed E-state index contributed by atoms with van der Waals surface area (Å²) in [5, 5.41) is 0.768.